The maximum Gasteiger partial charge on any atom is 0.373 e. The Morgan fingerprint density at radius 2 is 1.88 bits per heavy atom. The Kier molecular flexibility index (Phi) is 15.5. The van der Waals surface area contributed by atoms with E-state index in [9.17, 15) is 19.2 Å². The second kappa shape index (κ2) is 18.0. The number of halogens is 1. The largest absolute Gasteiger partial charge is 0.490 e. The van der Waals surface area contributed by atoms with Crippen LogP contribution in [0.4, 0.5) is 0 Å². The molecule has 0 aromatic carbocycles. The maximum absolute atomic E-state index is 12.8. The summed E-state index contributed by atoms with van der Waals surface area (Å²) in [6.45, 7) is 11.5. The molecule has 0 spiro atoms. The molecule has 0 saturated carbocycles. The summed E-state index contributed by atoms with van der Waals surface area (Å²) in [6, 6.07) is -0.800. The summed E-state index contributed by atoms with van der Waals surface area (Å²) < 4.78 is 15.4. The maximum atomic E-state index is 12.8. The first-order valence-electron chi connectivity index (χ1n) is 13.4. The van der Waals surface area contributed by atoms with E-state index in [1.807, 2.05) is 46.8 Å². The lowest BCUT2D eigenvalue weighted by molar-refractivity contribution is -0.151. The first kappa shape index (κ1) is 35.4. The number of hydrogen-bond acceptors (Lipinski definition) is 7. The van der Waals surface area contributed by atoms with Crippen molar-refractivity contribution in [2.24, 2.45) is 11.3 Å². The average Bonchev–Trinajstić information content (AvgIpc) is 2.89. The lowest BCUT2D eigenvalue weighted by Gasteiger charge is -2.29. The molecule has 10 heteroatoms. The van der Waals surface area contributed by atoms with Crippen molar-refractivity contribution in [3.8, 4) is 0 Å². The first-order chi connectivity index (χ1) is 19.3. The van der Waals surface area contributed by atoms with Gasteiger partial charge in [0.25, 0.3) is 6.47 Å². The van der Waals surface area contributed by atoms with Crippen LogP contribution in [0.3, 0.4) is 0 Å². The van der Waals surface area contributed by atoms with Crippen LogP contribution < -0.4 is 10.6 Å². The lowest BCUT2D eigenvalue weighted by Crippen LogP contribution is -2.52. The van der Waals surface area contributed by atoms with Gasteiger partial charge in [-0.15, -0.1) is 0 Å². The van der Waals surface area contributed by atoms with Gasteiger partial charge in [-0.3, -0.25) is 14.4 Å². The van der Waals surface area contributed by atoms with Crippen LogP contribution in [0.5, 0.6) is 0 Å². The number of cyclic esters (lactones) is 1. The van der Waals surface area contributed by atoms with Crippen molar-refractivity contribution < 1.29 is 33.4 Å². The normalized spacial score (nSPS) is 19.0. The molecule has 0 saturated heterocycles. The van der Waals surface area contributed by atoms with Crippen LogP contribution in [-0.2, 0) is 33.4 Å². The van der Waals surface area contributed by atoms with Gasteiger partial charge in [0.1, 0.15) is 18.2 Å². The highest BCUT2D eigenvalue weighted by molar-refractivity contribution is 6.29. The van der Waals surface area contributed by atoms with Crippen molar-refractivity contribution >= 4 is 35.9 Å². The SMILES string of the molecule is COC1=CCC(C(C)/C=C(C)/C=C\C=C/C(=O)NC(C(=O)N/C=C\CC(C/C=C(\C)Cl)OC=O)C(C)(C)C)OC1=O. The van der Waals surface area contributed by atoms with Gasteiger partial charge in [-0.1, -0.05) is 81.3 Å². The molecule has 2 amide bonds. The van der Waals surface area contributed by atoms with Crippen molar-refractivity contribution in [2.75, 3.05) is 7.11 Å². The van der Waals surface area contributed by atoms with E-state index >= 15 is 0 Å². The molecule has 1 heterocycles. The van der Waals surface area contributed by atoms with Crippen molar-refractivity contribution in [2.45, 2.75) is 79.1 Å². The zero-order valence-corrected chi connectivity index (χ0v) is 25.7. The zero-order valence-electron chi connectivity index (χ0n) is 24.9. The van der Waals surface area contributed by atoms with Crippen molar-refractivity contribution in [3.05, 3.63) is 71.2 Å². The van der Waals surface area contributed by atoms with Crippen molar-refractivity contribution in [3.63, 3.8) is 0 Å². The van der Waals surface area contributed by atoms with Crippen molar-refractivity contribution in [1.82, 2.24) is 10.6 Å². The summed E-state index contributed by atoms with van der Waals surface area (Å²) in [4.78, 5) is 48.0. The van der Waals surface area contributed by atoms with E-state index in [4.69, 9.17) is 25.8 Å². The molecular weight excluding hydrogens is 548 g/mol. The van der Waals surface area contributed by atoms with Gasteiger partial charge in [-0.25, -0.2) is 4.79 Å². The summed E-state index contributed by atoms with van der Waals surface area (Å²) in [5.41, 5.74) is 0.383. The summed E-state index contributed by atoms with van der Waals surface area (Å²) in [5.74, 6) is -1.05. The highest BCUT2D eigenvalue weighted by Gasteiger charge is 2.32. The Balaban J connectivity index is 2.68. The fourth-order valence-electron chi connectivity index (χ4n) is 3.86. The van der Waals surface area contributed by atoms with E-state index in [-0.39, 0.29) is 23.7 Å². The van der Waals surface area contributed by atoms with E-state index < -0.39 is 29.4 Å². The third-order valence-corrected chi connectivity index (χ3v) is 6.27. The number of carbonyl (C=O) groups excluding carboxylic acids is 4. The molecule has 4 atom stereocenters. The van der Waals surface area contributed by atoms with Crippen LogP contribution in [0.25, 0.3) is 0 Å². The van der Waals surface area contributed by atoms with Crippen LogP contribution in [-0.4, -0.2) is 49.6 Å². The quantitative estimate of drug-likeness (QED) is 0.117. The number of rotatable bonds is 15. The van der Waals surface area contributed by atoms with Gasteiger partial charge in [0.2, 0.25) is 11.8 Å². The van der Waals surface area contributed by atoms with E-state index in [1.54, 1.807) is 37.3 Å². The van der Waals surface area contributed by atoms with E-state index in [0.717, 1.165) is 5.57 Å². The van der Waals surface area contributed by atoms with Gasteiger partial charge < -0.3 is 24.8 Å². The predicted molar refractivity (Wildman–Crippen MR) is 159 cm³/mol. The zero-order chi connectivity index (χ0) is 31.0. The van der Waals surface area contributed by atoms with E-state index in [2.05, 4.69) is 10.6 Å². The number of esters is 1. The Bertz CT molecular complexity index is 1090. The van der Waals surface area contributed by atoms with E-state index in [0.29, 0.717) is 30.8 Å². The average molecular weight is 591 g/mol. The summed E-state index contributed by atoms with van der Waals surface area (Å²) in [5, 5.41) is 6.04. The molecule has 0 aromatic heterocycles. The molecule has 0 fully saturated rings. The molecule has 1 aliphatic heterocycles. The lowest BCUT2D eigenvalue weighted by atomic mass is 9.86. The molecule has 0 radical (unpaired) electrons. The highest BCUT2D eigenvalue weighted by atomic mass is 35.5. The molecule has 2 N–H and O–H groups in total. The molecule has 1 aliphatic rings. The van der Waals surface area contributed by atoms with Gasteiger partial charge in [0.15, 0.2) is 5.76 Å². The summed E-state index contributed by atoms with van der Waals surface area (Å²) in [6.07, 6.45) is 15.9. The number of carbonyl (C=O) groups is 4. The standard InChI is InChI=1S/C31H43ClN2O7/c1-21(19-22(2)25-16-17-26(39-7)30(38)41-25)11-8-9-13-27(36)34-28(31(4,5)6)29(37)33-18-10-12-24(40-20-35)15-14-23(3)32/h8-11,13-14,17-20,22,24-25,28H,12,15-16H2,1-7H3,(H,33,37)(H,34,36)/b11-8-,13-9-,18-10-,21-19+,23-14+. The third kappa shape index (κ3) is 14.0. The van der Waals surface area contributed by atoms with Crippen LogP contribution in [0.15, 0.2) is 71.2 Å². The minimum absolute atomic E-state index is 0.0132. The second-order valence-electron chi connectivity index (χ2n) is 10.8. The van der Waals surface area contributed by atoms with Crippen LogP contribution in [0.2, 0.25) is 0 Å². The highest BCUT2D eigenvalue weighted by Crippen LogP contribution is 2.23. The molecule has 0 bridgehead atoms. The fourth-order valence-corrected chi connectivity index (χ4v) is 3.95. The smallest absolute Gasteiger partial charge is 0.373 e. The fraction of sp³-hybridized carbons (Fsp3) is 0.484. The Morgan fingerprint density at radius 1 is 1.20 bits per heavy atom. The molecule has 41 heavy (non-hydrogen) atoms. The molecular formula is C31H43ClN2O7. The molecule has 0 aromatic rings. The summed E-state index contributed by atoms with van der Waals surface area (Å²) >= 11 is 5.83. The minimum atomic E-state index is -0.800. The van der Waals surface area contributed by atoms with Gasteiger partial charge in [0, 0.05) is 36.3 Å². The monoisotopic (exact) mass is 590 g/mol. The third-order valence-electron chi connectivity index (χ3n) is 6.11. The number of hydrogen-bond donors (Lipinski definition) is 2. The molecule has 9 nitrogen and oxygen atoms in total. The number of amides is 2. The Hall–Kier alpha value is -3.59. The molecule has 4 unspecified atom stereocenters. The first-order valence-corrected chi connectivity index (χ1v) is 13.8. The van der Waals surface area contributed by atoms with Crippen LogP contribution in [0, 0.1) is 11.3 Å². The molecule has 1 rings (SSSR count). The van der Waals surface area contributed by atoms with Gasteiger partial charge in [-0.05, 0) is 31.5 Å². The van der Waals surface area contributed by atoms with Gasteiger partial charge in [-0.2, -0.15) is 0 Å². The predicted octanol–water partition coefficient (Wildman–Crippen LogP) is 5.15. The van der Waals surface area contributed by atoms with Gasteiger partial charge in [0.05, 0.1) is 7.11 Å². The second-order valence-corrected chi connectivity index (χ2v) is 11.4. The van der Waals surface area contributed by atoms with Gasteiger partial charge >= 0.3 is 5.97 Å². The van der Waals surface area contributed by atoms with Crippen LogP contribution >= 0.6 is 11.6 Å². The van der Waals surface area contributed by atoms with Crippen molar-refractivity contribution in [1.29, 1.82) is 0 Å². The number of allylic oxidation sites excluding steroid dienone is 5. The van der Waals surface area contributed by atoms with E-state index in [1.165, 1.54) is 19.4 Å². The minimum Gasteiger partial charge on any atom is -0.490 e. The Labute approximate surface area is 248 Å². The number of nitrogens with one attached hydrogen (secondary N) is 2. The number of methoxy groups -OCH3 is 1. The number of ether oxygens (including phenoxy) is 3. The topological polar surface area (TPSA) is 120 Å². The summed E-state index contributed by atoms with van der Waals surface area (Å²) in [7, 11) is 1.44. The molecule has 0 aliphatic carbocycles. The molecule has 226 valence electrons. The Morgan fingerprint density at radius 3 is 2.46 bits per heavy atom. The van der Waals surface area contributed by atoms with Crippen LogP contribution in [0.1, 0.15) is 60.8 Å².